The number of nitrogens with one attached hydrogen (secondary N) is 1. The zero-order valence-corrected chi connectivity index (χ0v) is 12.0. The standard InChI is InChI=1S/C16H20FNO3/c1-10(12-4-6-13(17)7-5-12)8-15(19)18-14(16(20)21)9-11-2-3-11/h4-7,10-11,14H,2-3,8-9H2,1H3,(H,18,19)(H,20,21). The van der Waals surface area contributed by atoms with Crippen LogP contribution >= 0.6 is 0 Å². The van der Waals surface area contributed by atoms with Crippen molar-refractivity contribution in [3.8, 4) is 0 Å². The zero-order chi connectivity index (χ0) is 15.4. The van der Waals surface area contributed by atoms with Crippen LogP contribution in [-0.2, 0) is 9.59 Å². The first-order chi connectivity index (χ1) is 9.95. The number of hydrogen-bond donors (Lipinski definition) is 2. The maximum Gasteiger partial charge on any atom is 0.326 e. The number of rotatable bonds is 7. The number of halogens is 1. The summed E-state index contributed by atoms with van der Waals surface area (Å²) >= 11 is 0. The molecular weight excluding hydrogens is 273 g/mol. The van der Waals surface area contributed by atoms with Gasteiger partial charge in [0, 0.05) is 6.42 Å². The van der Waals surface area contributed by atoms with Gasteiger partial charge in [-0.05, 0) is 36.0 Å². The molecule has 1 aromatic carbocycles. The largest absolute Gasteiger partial charge is 0.480 e. The third kappa shape index (κ3) is 4.85. The molecule has 0 spiro atoms. The van der Waals surface area contributed by atoms with Gasteiger partial charge in [-0.15, -0.1) is 0 Å². The van der Waals surface area contributed by atoms with Crippen LogP contribution in [0.5, 0.6) is 0 Å². The van der Waals surface area contributed by atoms with Gasteiger partial charge in [0.2, 0.25) is 5.91 Å². The zero-order valence-electron chi connectivity index (χ0n) is 12.0. The summed E-state index contributed by atoms with van der Waals surface area (Å²) in [5, 5.41) is 11.7. The minimum atomic E-state index is -0.982. The van der Waals surface area contributed by atoms with Crippen molar-refractivity contribution < 1.29 is 19.1 Å². The lowest BCUT2D eigenvalue weighted by Gasteiger charge is -2.16. The van der Waals surface area contributed by atoms with Crippen molar-refractivity contribution in [2.45, 2.75) is 44.6 Å². The van der Waals surface area contributed by atoms with Crippen molar-refractivity contribution in [1.82, 2.24) is 5.32 Å². The van der Waals surface area contributed by atoms with Crippen LogP contribution in [0.2, 0.25) is 0 Å². The Balaban J connectivity index is 1.87. The van der Waals surface area contributed by atoms with E-state index in [2.05, 4.69) is 5.32 Å². The molecule has 21 heavy (non-hydrogen) atoms. The molecule has 4 nitrogen and oxygen atoms in total. The summed E-state index contributed by atoms with van der Waals surface area (Å²) in [6.45, 7) is 1.86. The van der Waals surface area contributed by atoms with E-state index in [4.69, 9.17) is 5.11 Å². The van der Waals surface area contributed by atoms with Gasteiger partial charge in [0.05, 0.1) is 0 Å². The van der Waals surface area contributed by atoms with Crippen LogP contribution in [0.15, 0.2) is 24.3 Å². The Morgan fingerprint density at radius 1 is 1.33 bits per heavy atom. The number of carboxylic acid groups (broad SMARTS) is 1. The summed E-state index contributed by atoms with van der Waals surface area (Å²) in [5.41, 5.74) is 0.862. The van der Waals surface area contributed by atoms with E-state index in [-0.39, 0.29) is 24.1 Å². The van der Waals surface area contributed by atoms with E-state index in [1.807, 2.05) is 6.92 Å². The van der Waals surface area contributed by atoms with Crippen LogP contribution in [0.4, 0.5) is 4.39 Å². The molecular formula is C16H20FNO3. The summed E-state index contributed by atoms with van der Waals surface area (Å²) in [5.74, 6) is -1.22. The SMILES string of the molecule is CC(CC(=O)NC(CC1CC1)C(=O)O)c1ccc(F)cc1. The first kappa shape index (κ1) is 15.5. The lowest BCUT2D eigenvalue weighted by molar-refractivity contribution is -0.142. The second-order valence-electron chi connectivity index (χ2n) is 5.79. The quantitative estimate of drug-likeness (QED) is 0.812. The van der Waals surface area contributed by atoms with Crippen molar-refractivity contribution in [3.05, 3.63) is 35.6 Å². The summed E-state index contributed by atoms with van der Waals surface area (Å²) in [6, 6.07) is 5.21. The Labute approximate surface area is 123 Å². The third-order valence-electron chi connectivity index (χ3n) is 3.83. The lowest BCUT2D eigenvalue weighted by atomic mass is 9.97. The number of carbonyl (C=O) groups is 2. The summed E-state index contributed by atoms with van der Waals surface area (Å²) in [4.78, 5) is 23.1. The molecule has 2 rings (SSSR count). The average Bonchev–Trinajstić information content (AvgIpc) is 3.22. The molecule has 1 aliphatic carbocycles. The van der Waals surface area contributed by atoms with Crippen molar-refractivity contribution >= 4 is 11.9 Å². The lowest BCUT2D eigenvalue weighted by Crippen LogP contribution is -2.41. The fraction of sp³-hybridized carbons (Fsp3) is 0.500. The van der Waals surface area contributed by atoms with Gasteiger partial charge in [0.25, 0.3) is 0 Å². The van der Waals surface area contributed by atoms with Crippen LogP contribution in [0.3, 0.4) is 0 Å². The Bertz CT molecular complexity index is 511. The fourth-order valence-corrected chi connectivity index (χ4v) is 2.35. The van der Waals surface area contributed by atoms with E-state index in [0.717, 1.165) is 18.4 Å². The molecule has 1 saturated carbocycles. The minimum absolute atomic E-state index is 0.0824. The average molecular weight is 293 g/mol. The number of carboxylic acids is 1. The molecule has 0 aromatic heterocycles. The Hall–Kier alpha value is -1.91. The molecule has 1 amide bonds. The predicted octanol–water partition coefficient (Wildman–Crippen LogP) is 2.69. The van der Waals surface area contributed by atoms with Crippen molar-refractivity contribution in [1.29, 1.82) is 0 Å². The van der Waals surface area contributed by atoms with E-state index >= 15 is 0 Å². The van der Waals surface area contributed by atoms with Gasteiger partial charge in [-0.2, -0.15) is 0 Å². The maximum atomic E-state index is 12.9. The number of carbonyl (C=O) groups excluding carboxylic acids is 1. The first-order valence-corrected chi connectivity index (χ1v) is 7.23. The second-order valence-corrected chi connectivity index (χ2v) is 5.79. The minimum Gasteiger partial charge on any atom is -0.480 e. The van der Waals surface area contributed by atoms with Gasteiger partial charge in [0.15, 0.2) is 0 Å². The molecule has 0 saturated heterocycles. The highest BCUT2D eigenvalue weighted by molar-refractivity contribution is 5.83. The first-order valence-electron chi connectivity index (χ1n) is 7.23. The van der Waals surface area contributed by atoms with Gasteiger partial charge in [-0.3, -0.25) is 4.79 Å². The summed E-state index contributed by atoms with van der Waals surface area (Å²) in [7, 11) is 0. The van der Waals surface area contributed by atoms with Gasteiger partial charge < -0.3 is 10.4 Å². The van der Waals surface area contributed by atoms with Crippen LogP contribution < -0.4 is 5.32 Å². The molecule has 0 radical (unpaired) electrons. The van der Waals surface area contributed by atoms with E-state index in [1.165, 1.54) is 12.1 Å². The van der Waals surface area contributed by atoms with Crippen LogP contribution in [-0.4, -0.2) is 23.0 Å². The highest BCUT2D eigenvalue weighted by atomic mass is 19.1. The smallest absolute Gasteiger partial charge is 0.326 e. The number of aliphatic carboxylic acids is 1. The van der Waals surface area contributed by atoms with Crippen molar-refractivity contribution in [3.63, 3.8) is 0 Å². The molecule has 1 aliphatic rings. The van der Waals surface area contributed by atoms with Gasteiger partial charge in [-0.1, -0.05) is 31.9 Å². The fourth-order valence-electron chi connectivity index (χ4n) is 2.35. The predicted molar refractivity (Wildman–Crippen MR) is 76.3 cm³/mol. The van der Waals surface area contributed by atoms with Crippen LogP contribution in [0.25, 0.3) is 0 Å². The molecule has 5 heteroatoms. The third-order valence-corrected chi connectivity index (χ3v) is 3.83. The van der Waals surface area contributed by atoms with Crippen molar-refractivity contribution in [2.75, 3.05) is 0 Å². The molecule has 1 fully saturated rings. The van der Waals surface area contributed by atoms with E-state index in [0.29, 0.717) is 12.3 Å². The number of hydrogen-bond acceptors (Lipinski definition) is 2. The summed E-state index contributed by atoms with van der Waals surface area (Å²) in [6.07, 6.45) is 2.79. The Morgan fingerprint density at radius 2 is 1.95 bits per heavy atom. The Morgan fingerprint density at radius 3 is 2.48 bits per heavy atom. The van der Waals surface area contributed by atoms with E-state index < -0.39 is 12.0 Å². The summed E-state index contributed by atoms with van der Waals surface area (Å²) < 4.78 is 12.9. The van der Waals surface area contributed by atoms with Gasteiger partial charge >= 0.3 is 5.97 Å². The topological polar surface area (TPSA) is 66.4 Å². The highest BCUT2D eigenvalue weighted by Gasteiger charge is 2.30. The normalized spacial score (nSPS) is 17.0. The molecule has 1 aromatic rings. The molecule has 2 N–H and O–H groups in total. The van der Waals surface area contributed by atoms with Crippen LogP contribution in [0, 0.1) is 11.7 Å². The Kier molecular flexibility index (Phi) is 4.94. The van der Waals surface area contributed by atoms with Crippen molar-refractivity contribution in [2.24, 2.45) is 5.92 Å². The molecule has 0 bridgehead atoms. The molecule has 2 unspecified atom stereocenters. The molecule has 0 aliphatic heterocycles. The van der Waals surface area contributed by atoms with E-state index in [9.17, 15) is 14.0 Å². The van der Waals surface area contributed by atoms with Crippen LogP contribution in [0.1, 0.15) is 44.1 Å². The molecule has 114 valence electrons. The number of benzene rings is 1. The monoisotopic (exact) mass is 293 g/mol. The van der Waals surface area contributed by atoms with Gasteiger partial charge in [0.1, 0.15) is 11.9 Å². The molecule has 0 heterocycles. The molecule has 2 atom stereocenters. The van der Waals surface area contributed by atoms with Gasteiger partial charge in [-0.25, -0.2) is 9.18 Å². The second kappa shape index (κ2) is 6.70. The maximum absolute atomic E-state index is 12.9. The highest BCUT2D eigenvalue weighted by Crippen LogP contribution is 2.33. The number of amides is 1. The van der Waals surface area contributed by atoms with E-state index in [1.54, 1.807) is 12.1 Å².